The highest BCUT2D eigenvalue weighted by Crippen LogP contribution is 2.23. The van der Waals surface area contributed by atoms with E-state index in [-0.39, 0.29) is 5.60 Å². The summed E-state index contributed by atoms with van der Waals surface area (Å²) in [4.78, 5) is 0. The van der Waals surface area contributed by atoms with E-state index in [1.54, 1.807) is 7.11 Å². The van der Waals surface area contributed by atoms with Gasteiger partial charge >= 0.3 is 0 Å². The predicted molar refractivity (Wildman–Crippen MR) is 62.6 cm³/mol. The van der Waals surface area contributed by atoms with E-state index in [4.69, 9.17) is 4.74 Å². The molecule has 14 heavy (non-hydrogen) atoms. The van der Waals surface area contributed by atoms with Gasteiger partial charge in [0.2, 0.25) is 0 Å². The molecule has 0 saturated heterocycles. The molecule has 0 saturated carbocycles. The van der Waals surface area contributed by atoms with Crippen LogP contribution >= 0.6 is 0 Å². The van der Waals surface area contributed by atoms with Crippen LogP contribution in [0.15, 0.2) is 12.2 Å². The number of hydrogen-bond acceptors (Lipinski definition) is 2. The van der Waals surface area contributed by atoms with Gasteiger partial charge < -0.3 is 10.1 Å². The normalized spacial score (nSPS) is 17.5. The third kappa shape index (κ3) is 3.81. The number of rotatable bonds is 7. The molecule has 0 heterocycles. The van der Waals surface area contributed by atoms with Crippen molar-refractivity contribution in [3.8, 4) is 0 Å². The van der Waals surface area contributed by atoms with Crippen molar-refractivity contribution < 1.29 is 4.74 Å². The molecule has 0 aromatic rings. The number of hydrogen-bond donors (Lipinski definition) is 1. The first kappa shape index (κ1) is 13.7. The smallest absolute Gasteiger partial charge is 0.0800 e. The lowest BCUT2D eigenvalue weighted by Gasteiger charge is -2.35. The summed E-state index contributed by atoms with van der Waals surface area (Å²) in [5, 5.41) is 3.33. The van der Waals surface area contributed by atoms with Crippen LogP contribution in [0.25, 0.3) is 0 Å². The summed E-state index contributed by atoms with van der Waals surface area (Å²) < 4.78 is 5.58. The standard InChI is InChI=1S/C12H25NO/c1-7-12(4,14-6)11(13-5)9-8-10(2)3/h11,13H,2,7-9H2,1,3-6H3. The first-order chi connectivity index (χ1) is 6.50. The number of allylic oxidation sites excluding steroid dienone is 1. The lowest BCUT2D eigenvalue weighted by Crippen LogP contribution is -2.48. The van der Waals surface area contributed by atoms with E-state index in [0.29, 0.717) is 6.04 Å². The third-order valence-corrected chi connectivity index (χ3v) is 3.11. The Kier molecular flexibility index (Phi) is 6.05. The van der Waals surface area contributed by atoms with E-state index in [9.17, 15) is 0 Å². The van der Waals surface area contributed by atoms with E-state index in [2.05, 4.69) is 32.7 Å². The van der Waals surface area contributed by atoms with E-state index in [0.717, 1.165) is 19.3 Å². The maximum Gasteiger partial charge on any atom is 0.0800 e. The van der Waals surface area contributed by atoms with Crippen molar-refractivity contribution >= 4 is 0 Å². The summed E-state index contributed by atoms with van der Waals surface area (Å²) in [6.07, 6.45) is 3.17. The molecule has 0 aliphatic rings. The molecule has 84 valence electrons. The molecule has 2 unspecified atom stereocenters. The topological polar surface area (TPSA) is 21.3 Å². The van der Waals surface area contributed by atoms with Gasteiger partial charge in [0.15, 0.2) is 0 Å². The van der Waals surface area contributed by atoms with Gasteiger partial charge in [-0.3, -0.25) is 0 Å². The average molecular weight is 199 g/mol. The SMILES string of the molecule is C=C(C)CCC(NC)C(C)(CC)OC. The minimum Gasteiger partial charge on any atom is -0.377 e. The van der Waals surface area contributed by atoms with Crippen molar-refractivity contribution in [2.75, 3.05) is 14.2 Å². The van der Waals surface area contributed by atoms with Crippen LogP contribution in [-0.4, -0.2) is 25.8 Å². The summed E-state index contributed by atoms with van der Waals surface area (Å²) in [5.41, 5.74) is 1.17. The molecule has 0 bridgehead atoms. The zero-order valence-electron chi connectivity index (χ0n) is 10.3. The molecule has 0 radical (unpaired) electrons. The van der Waals surface area contributed by atoms with Crippen molar-refractivity contribution in [3.05, 3.63) is 12.2 Å². The van der Waals surface area contributed by atoms with Gasteiger partial charge in [-0.2, -0.15) is 0 Å². The van der Waals surface area contributed by atoms with Crippen molar-refractivity contribution in [2.45, 2.75) is 51.7 Å². The molecule has 0 aromatic heterocycles. The molecule has 0 aliphatic heterocycles. The number of ether oxygens (including phenoxy) is 1. The van der Waals surface area contributed by atoms with Crippen LogP contribution in [0.3, 0.4) is 0 Å². The Hall–Kier alpha value is -0.340. The monoisotopic (exact) mass is 199 g/mol. The van der Waals surface area contributed by atoms with Crippen LogP contribution in [0.4, 0.5) is 0 Å². The zero-order chi connectivity index (χ0) is 11.2. The summed E-state index contributed by atoms with van der Waals surface area (Å²) >= 11 is 0. The molecule has 0 aromatic carbocycles. The highest BCUT2D eigenvalue weighted by molar-refractivity contribution is 4.94. The van der Waals surface area contributed by atoms with Crippen molar-refractivity contribution in [3.63, 3.8) is 0 Å². The molecule has 1 N–H and O–H groups in total. The lowest BCUT2D eigenvalue weighted by molar-refractivity contribution is -0.0290. The van der Waals surface area contributed by atoms with Gasteiger partial charge in [-0.05, 0) is 40.2 Å². The Morgan fingerprint density at radius 2 is 2.14 bits per heavy atom. The first-order valence-corrected chi connectivity index (χ1v) is 5.37. The molecule has 0 rings (SSSR count). The average Bonchev–Trinajstić information content (AvgIpc) is 2.17. The fourth-order valence-electron chi connectivity index (χ4n) is 1.68. The number of likely N-dealkylation sites (N-methyl/N-ethyl adjacent to an activating group) is 1. The Morgan fingerprint density at radius 1 is 1.57 bits per heavy atom. The third-order valence-electron chi connectivity index (χ3n) is 3.11. The minimum absolute atomic E-state index is 0.0653. The van der Waals surface area contributed by atoms with Crippen molar-refractivity contribution in [1.82, 2.24) is 5.32 Å². The molecule has 0 amide bonds. The number of methoxy groups -OCH3 is 1. The van der Waals surface area contributed by atoms with Crippen molar-refractivity contribution in [1.29, 1.82) is 0 Å². The van der Waals surface area contributed by atoms with Crippen LogP contribution in [0.5, 0.6) is 0 Å². The number of nitrogens with one attached hydrogen (secondary N) is 1. The second kappa shape index (κ2) is 6.20. The molecule has 0 aliphatic carbocycles. The highest BCUT2D eigenvalue weighted by atomic mass is 16.5. The predicted octanol–water partition coefficient (Wildman–Crippen LogP) is 2.75. The Labute approximate surface area is 88.7 Å². The minimum atomic E-state index is -0.0653. The molecule has 2 atom stereocenters. The van der Waals surface area contributed by atoms with Gasteiger partial charge in [0, 0.05) is 13.2 Å². The molecular weight excluding hydrogens is 174 g/mol. The van der Waals surface area contributed by atoms with Crippen LogP contribution < -0.4 is 5.32 Å². The Bertz CT molecular complexity index is 173. The van der Waals surface area contributed by atoms with Gasteiger partial charge in [-0.1, -0.05) is 12.5 Å². The van der Waals surface area contributed by atoms with Gasteiger partial charge in [-0.15, -0.1) is 6.58 Å². The van der Waals surface area contributed by atoms with Gasteiger partial charge in [-0.25, -0.2) is 0 Å². The summed E-state index contributed by atoms with van der Waals surface area (Å²) in [5.74, 6) is 0. The maximum absolute atomic E-state index is 5.58. The van der Waals surface area contributed by atoms with E-state index < -0.39 is 0 Å². The lowest BCUT2D eigenvalue weighted by atomic mass is 9.89. The fraction of sp³-hybridized carbons (Fsp3) is 0.833. The van der Waals surface area contributed by atoms with Crippen LogP contribution in [0.1, 0.15) is 40.0 Å². The quantitative estimate of drug-likeness (QED) is 0.637. The second-order valence-electron chi connectivity index (χ2n) is 4.21. The molecule has 2 nitrogen and oxygen atoms in total. The zero-order valence-corrected chi connectivity index (χ0v) is 10.3. The van der Waals surface area contributed by atoms with Crippen LogP contribution in [0, 0.1) is 0 Å². The van der Waals surface area contributed by atoms with E-state index in [1.165, 1.54) is 5.57 Å². The summed E-state index contributed by atoms with van der Waals surface area (Å²) in [6.45, 7) is 10.3. The first-order valence-electron chi connectivity index (χ1n) is 5.37. The van der Waals surface area contributed by atoms with E-state index >= 15 is 0 Å². The summed E-state index contributed by atoms with van der Waals surface area (Å²) in [7, 11) is 3.78. The molecular formula is C12H25NO. The summed E-state index contributed by atoms with van der Waals surface area (Å²) in [6, 6.07) is 0.397. The van der Waals surface area contributed by atoms with Gasteiger partial charge in [0.1, 0.15) is 0 Å². The molecule has 2 heteroatoms. The van der Waals surface area contributed by atoms with Crippen molar-refractivity contribution in [2.24, 2.45) is 0 Å². The molecule has 0 spiro atoms. The Balaban J connectivity index is 4.29. The molecule has 0 fully saturated rings. The second-order valence-corrected chi connectivity index (χ2v) is 4.21. The highest BCUT2D eigenvalue weighted by Gasteiger charge is 2.30. The van der Waals surface area contributed by atoms with Gasteiger partial charge in [0.05, 0.1) is 5.60 Å². The van der Waals surface area contributed by atoms with Gasteiger partial charge in [0.25, 0.3) is 0 Å². The van der Waals surface area contributed by atoms with Crippen LogP contribution in [0.2, 0.25) is 0 Å². The van der Waals surface area contributed by atoms with Crippen LogP contribution in [-0.2, 0) is 4.74 Å². The fourth-order valence-corrected chi connectivity index (χ4v) is 1.68. The maximum atomic E-state index is 5.58. The Morgan fingerprint density at radius 3 is 2.43 bits per heavy atom. The van der Waals surface area contributed by atoms with E-state index in [1.807, 2.05) is 7.05 Å². The largest absolute Gasteiger partial charge is 0.377 e.